The molecule has 3 aromatic rings. The van der Waals surface area contributed by atoms with Gasteiger partial charge in [0.25, 0.3) is 15.9 Å². The predicted octanol–water partition coefficient (Wildman–Crippen LogP) is 4.49. The summed E-state index contributed by atoms with van der Waals surface area (Å²) < 4.78 is 32.0. The predicted molar refractivity (Wildman–Crippen MR) is 112 cm³/mol. The zero-order valence-electron chi connectivity index (χ0n) is 15.0. The Kier molecular flexibility index (Phi) is 5.93. The molecule has 6 nitrogen and oxygen atoms in total. The Morgan fingerprint density at radius 3 is 2.54 bits per heavy atom. The van der Waals surface area contributed by atoms with Gasteiger partial charge in [-0.15, -0.1) is 11.3 Å². The number of thiophene rings is 1. The molecule has 0 aliphatic heterocycles. The molecule has 0 bridgehead atoms. The number of rotatable bonds is 6. The van der Waals surface area contributed by atoms with E-state index in [0.717, 1.165) is 15.6 Å². The van der Waals surface area contributed by atoms with E-state index < -0.39 is 15.9 Å². The van der Waals surface area contributed by atoms with Crippen molar-refractivity contribution < 1.29 is 17.9 Å². The third kappa shape index (κ3) is 4.14. The average molecular weight is 437 g/mol. The van der Waals surface area contributed by atoms with E-state index in [1.165, 1.54) is 38.4 Å². The van der Waals surface area contributed by atoms with Crippen LogP contribution in [0.1, 0.15) is 9.67 Å². The first-order valence-corrected chi connectivity index (χ1v) is 10.8. The average Bonchev–Trinajstić information content (AvgIpc) is 3.17. The fourth-order valence-corrected chi connectivity index (χ4v) is 4.71. The molecule has 0 unspecified atom stereocenters. The van der Waals surface area contributed by atoms with Crippen molar-refractivity contribution in [2.45, 2.75) is 4.90 Å². The number of sulfonamides is 1. The Morgan fingerprint density at radius 2 is 1.86 bits per heavy atom. The highest BCUT2D eigenvalue weighted by Gasteiger charge is 2.26. The van der Waals surface area contributed by atoms with Crippen molar-refractivity contribution in [3.8, 4) is 5.75 Å². The lowest BCUT2D eigenvalue weighted by molar-refractivity contribution is 0.103. The van der Waals surface area contributed by atoms with Crippen LogP contribution in [-0.2, 0) is 10.0 Å². The van der Waals surface area contributed by atoms with Crippen molar-refractivity contribution in [3.63, 3.8) is 0 Å². The third-order valence-electron chi connectivity index (χ3n) is 3.99. The molecule has 146 valence electrons. The van der Waals surface area contributed by atoms with Gasteiger partial charge >= 0.3 is 0 Å². The van der Waals surface area contributed by atoms with Gasteiger partial charge in [-0.25, -0.2) is 8.42 Å². The Hall–Kier alpha value is -2.55. The van der Waals surface area contributed by atoms with Crippen molar-refractivity contribution >= 4 is 50.2 Å². The number of carbonyl (C=O) groups excluding carboxylic acids is 1. The molecular weight excluding hydrogens is 420 g/mol. The molecule has 3 rings (SSSR count). The lowest BCUT2D eigenvalue weighted by Crippen LogP contribution is -2.28. The maximum atomic E-state index is 12.9. The van der Waals surface area contributed by atoms with Gasteiger partial charge in [-0.05, 0) is 47.8 Å². The van der Waals surface area contributed by atoms with E-state index in [4.69, 9.17) is 16.3 Å². The maximum Gasteiger partial charge on any atom is 0.267 e. The molecule has 0 saturated carbocycles. The van der Waals surface area contributed by atoms with Crippen molar-refractivity contribution in [2.75, 3.05) is 23.8 Å². The minimum absolute atomic E-state index is 0.0877. The topological polar surface area (TPSA) is 75.7 Å². The van der Waals surface area contributed by atoms with Gasteiger partial charge in [0.2, 0.25) is 0 Å². The number of hydrogen-bond donors (Lipinski definition) is 1. The van der Waals surface area contributed by atoms with Crippen molar-refractivity contribution in [3.05, 3.63) is 69.9 Å². The van der Waals surface area contributed by atoms with Gasteiger partial charge in [0.05, 0.1) is 17.7 Å². The van der Waals surface area contributed by atoms with E-state index in [9.17, 15) is 13.2 Å². The molecule has 1 N–H and O–H groups in total. The molecule has 1 amide bonds. The third-order valence-corrected chi connectivity index (χ3v) is 6.93. The zero-order chi connectivity index (χ0) is 20.3. The molecule has 0 saturated heterocycles. The molecule has 2 aromatic carbocycles. The van der Waals surface area contributed by atoms with Gasteiger partial charge in [-0.1, -0.05) is 17.7 Å². The van der Waals surface area contributed by atoms with Crippen LogP contribution in [-0.4, -0.2) is 28.5 Å². The first-order chi connectivity index (χ1) is 13.3. The van der Waals surface area contributed by atoms with Gasteiger partial charge in [-0.2, -0.15) is 0 Å². The van der Waals surface area contributed by atoms with Gasteiger partial charge in [0.1, 0.15) is 10.6 Å². The lowest BCUT2D eigenvalue weighted by Gasteiger charge is -2.20. The van der Waals surface area contributed by atoms with Crippen LogP contribution in [0.4, 0.5) is 11.4 Å². The van der Waals surface area contributed by atoms with Crippen LogP contribution in [0, 0.1) is 0 Å². The fourth-order valence-electron chi connectivity index (χ4n) is 2.50. The molecule has 1 heterocycles. The van der Waals surface area contributed by atoms with Gasteiger partial charge in [0.15, 0.2) is 0 Å². The number of hydrogen-bond acceptors (Lipinski definition) is 5. The molecular formula is C19H17ClN2O4S2. The van der Waals surface area contributed by atoms with E-state index in [0.29, 0.717) is 22.1 Å². The van der Waals surface area contributed by atoms with E-state index in [-0.39, 0.29) is 9.77 Å². The molecule has 0 aliphatic rings. The summed E-state index contributed by atoms with van der Waals surface area (Å²) in [6, 6.07) is 14.4. The smallest absolute Gasteiger partial charge is 0.267 e. The molecule has 0 spiro atoms. The second-order valence-electron chi connectivity index (χ2n) is 5.75. The van der Waals surface area contributed by atoms with Crippen molar-refractivity contribution in [1.82, 2.24) is 0 Å². The number of anilines is 2. The van der Waals surface area contributed by atoms with Crippen LogP contribution in [0.15, 0.2) is 64.9 Å². The SMILES string of the molecule is COc1cccc(NC(=O)c2sccc2N(C)S(=O)(=O)c2ccc(Cl)cc2)c1. The largest absolute Gasteiger partial charge is 0.497 e. The Labute approximate surface area is 172 Å². The second-order valence-corrected chi connectivity index (χ2v) is 9.07. The summed E-state index contributed by atoms with van der Waals surface area (Å²) in [6.45, 7) is 0. The molecule has 1 aromatic heterocycles. The summed E-state index contributed by atoms with van der Waals surface area (Å²) in [5.41, 5.74) is 0.840. The number of nitrogens with zero attached hydrogens (tertiary/aromatic N) is 1. The molecule has 0 atom stereocenters. The summed E-state index contributed by atoms with van der Waals surface area (Å²) in [5.74, 6) is 0.197. The van der Waals surface area contributed by atoms with Crippen LogP contribution < -0.4 is 14.4 Å². The first kappa shape index (κ1) is 20.2. The van der Waals surface area contributed by atoms with Crippen molar-refractivity contribution in [2.24, 2.45) is 0 Å². The fraction of sp³-hybridized carbons (Fsp3) is 0.105. The van der Waals surface area contributed by atoms with E-state index in [2.05, 4.69) is 5.32 Å². The monoisotopic (exact) mass is 436 g/mol. The molecule has 9 heteroatoms. The first-order valence-electron chi connectivity index (χ1n) is 8.10. The van der Waals surface area contributed by atoms with Crippen LogP contribution in [0.2, 0.25) is 5.02 Å². The highest BCUT2D eigenvalue weighted by Crippen LogP contribution is 2.31. The maximum absolute atomic E-state index is 12.9. The van der Waals surface area contributed by atoms with Crippen LogP contribution in [0.25, 0.3) is 0 Å². The van der Waals surface area contributed by atoms with E-state index in [1.807, 2.05) is 0 Å². The minimum atomic E-state index is -3.84. The lowest BCUT2D eigenvalue weighted by atomic mass is 10.3. The molecule has 28 heavy (non-hydrogen) atoms. The molecule has 0 aliphatic carbocycles. The van der Waals surface area contributed by atoms with Crippen LogP contribution in [0.3, 0.4) is 0 Å². The summed E-state index contributed by atoms with van der Waals surface area (Å²) in [7, 11) is -0.889. The minimum Gasteiger partial charge on any atom is -0.497 e. The van der Waals surface area contributed by atoms with Crippen LogP contribution >= 0.6 is 22.9 Å². The second kappa shape index (κ2) is 8.22. The number of ether oxygens (including phenoxy) is 1. The normalized spacial score (nSPS) is 11.1. The number of amides is 1. The Morgan fingerprint density at radius 1 is 1.14 bits per heavy atom. The number of carbonyl (C=O) groups is 1. The summed E-state index contributed by atoms with van der Waals surface area (Å²) >= 11 is 7.00. The highest BCUT2D eigenvalue weighted by molar-refractivity contribution is 7.92. The number of halogens is 1. The molecule has 0 radical (unpaired) electrons. The Balaban J connectivity index is 1.88. The zero-order valence-corrected chi connectivity index (χ0v) is 17.4. The Bertz CT molecular complexity index is 1100. The van der Waals surface area contributed by atoms with Gasteiger partial charge in [0, 0.05) is 23.8 Å². The van der Waals surface area contributed by atoms with E-state index in [1.54, 1.807) is 35.7 Å². The number of benzene rings is 2. The summed E-state index contributed by atoms with van der Waals surface area (Å²) in [6.07, 6.45) is 0. The molecule has 0 fully saturated rings. The van der Waals surface area contributed by atoms with Crippen LogP contribution in [0.5, 0.6) is 5.75 Å². The standard InChI is InChI=1S/C19H17ClN2O4S2/c1-22(28(24,25)16-8-6-13(20)7-9-16)17-10-11-27-18(17)19(23)21-14-4-3-5-15(12-14)26-2/h3-12H,1-2H3,(H,21,23). The van der Waals surface area contributed by atoms with Crippen molar-refractivity contribution in [1.29, 1.82) is 0 Å². The van der Waals surface area contributed by atoms with Gasteiger partial charge < -0.3 is 10.1 Å². The van der Waals surface area contributed by atoms with E-state index >= 15 is 0 Å². The highest BCUT2D eigenvalue weighted by atomic mass is 35.5. The quantitative estimate of drug-likeness (QED) is 0.617. The summed E-state index contributed by atoms with van der Waals surface area (Å²) in [4.78, 5) is 13.1. The summed E-state index contributed by atoms with van der Waals surface area (Å²) in [5, 5.41) is 4.88. The number of nitrogens with one attached hydrogen (secondary N) is 1. The number of methoxy groups -OCH3 is 1. The van der Waals surface area contributed by atoms with Gasteiger partial charge in [-0.3, -0.25) is 9.10 Å².